The molecule has 0 fully saturated rings. The molecule has 0 aliphatic carbocycles. The highest BCUT2D eigenvalue weighted by atomic mass is 35.5. The summed E-state index contributed by atoms with van der Waals surface area (Å²) in [6.07, 6.45) is 3.11. The molecule has 0 aliphatic rings. The van der Waals surface area contributed by atoms with Crippen LogP contribution in [0.2, 0.25) is 5.02 Å². The number of pyridine rings is 1. The lowest BCUT2D eigenvalue weighted by atomic mass is 10.2. The number of benzene rings is 1. The second-order valence-corrected chi connectivity index (χ2v) is 6.60. The monoisotopic (exact) mass is 325 g/mol. The first kappa shape index (κ1) is 15.8. The van der Waals surface area contributed by atoms with Crippen molar-refractivity contribution >= 4 is 27.3 Å². The van der Waals surface area contributed by atoms with Crippen molar-refractivity contribution in [2.45, 2.75) is 18.4 Å². The molecule has 0 aliphatic heterocycles. The molecule has 1 heterocycles. The summed E-state index contributed by atoms with van der Waals surface area (Å²) in [6, 6.07) is 7.89. The quantitative estimate of drug-likeness (QED) is 0.915. The number of sulfonamides is 1. The van der Waals surface area contributed by atoms with Gasteiger partial charge in [-0.1, -0.05) is 17.7 Å². The van der Waals surface area contributed by atoms with Crippen molar-refractivity contribution in [3.63, 3.8) is 0 Å². The van der Waals surface area contributed by atoms with Crippen molar-refractivity contribution < 1.29 is 8.42 Å². The highest BCUT2D eigenvalue weighted by Crippen LogP contribution is 2.26. The number of hydrogen-bond acceptors (Lipinski definition) is 4. The lowest BCUT2D eigenvalue weighted by Gasteiger charge is -2.23. The van der Waals surface area contributed by atoms with Crippen LogP contribution in [0.1, 0.15) is 12.5 Å². The van der Waals surface area contributed by atoms with E-state index in [1.807, 2.05) is 0 Å². The molecule has 0 saturated carbocycles. The third-order valence-electron chi connectivity index (χ3n) is 3.07. The summed E-state index contributed by atoms with van der Waals surface area (Å²) in [5.41, 5.74) is 6.81. The molecule has 0 saturated heterocycles. The summed E-state index contributed by atoms with van der Waals surface area (Å²) in [4.78, 5) is 4.04. The lowest BCUT2D eigenvalue weighted by Crippen LogP contribution is -2.30. The number of anilines is 1. The van der Waals surface area contributed by atoms with Gasteiger partial charge in [0.1, 0.15) is 0 Å². The average Bonchev–Trinajstić information content (AvgIpc) is 2.48. The second-order valence-electron chi connectivity index (χ2n) is 4.33. The minimum absolute atomic E-state index is 0.142. The summed E-state index contributed by atoms with van der Waals surface area (Å²) in [5, 5.41) is 0.351. The van der Waals surface area contributed by atoms with E-state index in [9.17, 15) is 8.42 Å². The Bertz CT molecular complexity index is 720. The third kappa shape index (κ3) is 3.18. The molecule has 5 nitrogen and oxygen atoms in total. The van der Waals surface area contributed by atoms with E-state index in [1.54, 1.807) is 37.5 Å². The molecule has 2 rings (SSSR count). The summed E-state index contributed by atoms with van der Waals surface area (Å²) >= 11 is 6.06. The number of rotatable bonds is 5. The minimum Gasteiger partial charge on any atom is -0.326 e. The Labute approximate surface area is 129 Å². The lowest BCUT2D eigenvalue weighted by molar-refractivity contribution is 0.592. The van der Waals surface area contributed by atoms with Gasteiger partial charge in [0.2, 0.25) is 0 Å². The van der Waals surface area contributed by atoms with Crippen LogP contribution in [0, 0.1) is 0 Å². The van der Waals surface area contributed by atoms with Crippen molar-refractivity contribution in [3.8, 4) is 0 Å². The molecule has 0 amide bonds. The molecule has 21 heavy (non-hydrogen) atoms. The van der Waals surface area contributed by atoms with Gasteiger partial charge in [0, 0.05) is 30.5 Å². The smallest absolute Gasteiger partial charge is 0.264 e. The molecule has 0 atom stereocenters. The highest BCUT2D eigenvalue weighted by Gasteiger charge is 2.24. The Morgan fingerprint density at radius 1 is 1.24 bits per heavy atom. The van der Waals surface area contributed by atoms with E-state index in [0.717, 1.165) is 0 Å². The molecule has 0 unspecified atom stereocenters. The van der Waals surface area contributed by atoms with Gasteiger partial charge in [-0.3, -0.25) is 9.29 Å². The fraction of sp³-hybridized carbons (Fsp3) is 0.214. The minimum atomic E-state index is -3.67. The molecule has 112 valence electrons. The molecular weight excluding hydrogens is 310 g/mol. The van der Waals surface area contributed by atoms with Gasteiger partial charge in [-0.15, -0.1) is 0 Å². The number of aromatic nitrogens is 1. The zero-order chi connectivity index (χ0) is 15.5. The zero-order valence-corrected chi connectivity index (χ0v) is 13.1. The molecule has 7 heteroatoms. The third-order valence-corrected chi connectivity index (χ3v) is 5.32. The summed E-state index contributed by atoms with van der Waals surface area (Å²) < 4.78 is 26.8. The maximum atomic E-state index is 12.7. The van der Waals surface area contributed by atoms with Gasteiger partial charge in [0.05, 0.1) is 10.6 Å². The molecule has 2 aromatic rings. The molecule has 0 radical (unpaired) electrons. The van der Waals surface area contributed by atoms with Gasteiger partial charge in [0.25, 0.3) is 10.0 Å². The summed E-state index contributed by atoms with van der Waals surface area (Å²) in [7, 11) is -3.67. The van der Waals surface area contributed by atoms with E-state index in [-0.39, 0.29) is 11.4 Å². The predicted octanol–water partition coefficient (Wildman–Crippen LogP) is 2.41. The first-order chi connectivity index (χ1) is 10.0. The van der Waals surface area contributed by atoms with Gasteiger partial charge in [-0.2, -0.15) is 0 Å². The maximum absolute atomic E-state index is 12.7. The largest absolute Gasteiger partial charge is 0.326 e. The second kappa shape index (κ2) is 6.43. The summed E-state index contributed by atoms with van der Waals surface area (Å²) in [5.74, 6) is 0. The first-order valence-electron chi connectivity index (χ1n) is 6.42. The van der Waals surface area contributed by atoms with E-state index >= 15 is 0 Å². The molecule has 0 bridgehead atoms. The fourth-order valence-corrected chi connectivity index (χ4v) is 3.81. The van der Waals surface area contributed by atoms with E-state index in [4.69, 9.17) is 17.3 Å². The van der Waals surface area contributed by atoms with Gasteiger partial charge in [-0.05, 0) is 36.8 Å². The zero-order valence-electron chi connectivity index (χ0n) is 11.5. The Morgan fingerprint density at radius 2 is 1.90 bits per heavy atom. The van der Waals surface area contributed by atoms with E-state index < -0.39 is 10.0 Å². The van der Waals surface area contributed by atoms with Crippen LogP contribution in [-0.4, -0.2) is 19.9 Å². The van der Waals surface area contributed by atoms with Crippen molar-refractivity contribution in [2.75, 3.05) is 10.8 Å². The number of nitrogens with two attached hydrogens (primary N) is 1. The van der Waals surface area contributed by atoms with Crippen LogP contribution >= 0.6 is 11.6 Å². The Balaban J connectivity index is 2.47. The maximum Gasteiger partial charge on any atom is 0.264 e. The van der Waals surface area contributed by atoms with Crippen molar-refractivity contribution in [2.24, 2.45) is 5.73 Å². The van der Waals surface area contributed by atoms with Crippen molar-refractivity contribution in [3.05, 3.63) is 53.3 Å². The summed E-state index contributed by atoms with van der Waals surface area (Å²) in [6.45, 7) is 2.34. The van der Waals surface area contributed by atoms with E-state index in [0.29, 0.717) is 22.8 Å². The Morgan fingerprint density at radius 3 is 2.43 bits per heavy atom. The van der Waals surface area contributed by atoms with Crippen LogP contribution in [0.25, 0.3) is 0 Å². The van der Waals surface area contributed by atoms with Crippen molar-refractivity contribution in [1.29, 1.82) is 0 Å². The predicted molar refractivity (Wildman–Crippen MR) is 83.8 cm³/mol. The SMILES string of the molecule is CCN(c1ccncc1)S(=O)(=O)c1ccc(CN)c(Cl)c1. The van der Waals surface area contributed by atoms with E-state index in [1.165, 1.54) is 16.4 Å². The average molecular weight is 326 g/mol. The van der Waals surface area contributed by atoms with Gasteiger partial charge in [0.15, 0.2) is 0 Å². The molecular formula is C14H16ClN3O2S. The standard InChI is InChI=1S/C14H16ClN3O2S/c1-2-18(12-5-7-17-8-6-12)21(19,20)13-4-3-11(10-16)14(15)9-13/h3-9H,2,10,16H2,1H3. The van der Waals surface area contributed by atoms with Crippen LogP contribution in [-0.2, 0) is 16.6 Å². The van der Waals surface area contributed by atoms with E-state index in [2.05, 4.69) is 4.98 Å². The fourth-order valence-electron chi connectivity index (χ4n) is 1.98. The van der Waals surface area contributed by atoms with Crippen LogP contribution in [0.5, 0.6) is 0 Å². The van der Waals surface area contributed by atoms with Gasteiger partial charge >= 0.3 is 0 Å². The van der Waals surface area contributed by atoms with Gasteiger partial charge < -0.3 is 5.73 Å². The highest BCUT2D eigenvalue weighted by molar-refractivity contribution is 7.92. The topological polar surface area (TPSA) is 76.3 Å². The molecule has 1 aromatic heterocycles. The number of hydrogen-bond donors (Lipinski definition) is 1. The molecule has 2 N–H and O–H groups in total. The number of nitrogens with zero attached hydrogens (tertiary/aromatic N) is 2. The Kier molecular flexibility index (Phi) is 4.82. The number of halogens is 1. The molecule has 1 aromatic carbocycles. The Hall–Kier alpha value is -1.63. The van der Waals surface area contributed by atoms with Crippen LogP contribution in [0.15, 0.2) is 47.6 Å². The molecule has 0 spiro atoms. The van der Waals surface area contributed by atoms with Crippen LogP contribution in [0.3, 0.4) is 0 Å². The first-order valence-corrected chi connectivity index (χ1v) is 8.23. The normalized spacial score (nSPS) is 11.4. The van der Waals surface area contributed by atoms with Crippen molar-refractivity contribution in [1.82, 2.24) is 4.98 Å². The van der Waals surface area contributed by atoms with Crippen LogP contribution in [0.4, 0.5) is 5.69 Å². The van der Waals surface area contributed by atoms with Crippen LogP contribution < -0.4 is 10.0 Å². The van der Waals surface area contributed by atoms with Gasteiger partial charge in [-0.25, -0.2) is 8.42 Å².